The molecular formula is C18H23N3O4. The van der Waals surface area contributed by atoms with E-state index >= 15 is 0 Å². The van der Waals surface area contributed by atoms with E-state index in [0.29, 0.717) is 33.0 Å². The summed E-state index contributed by atoms with van der Waals surface area (Å²) < 4.78 is 18.5. The van der Waals surface area contributed by atoms with Crippen LogP contribution < -0.4 is 10.1 Å². The van der Waals surface area contributed by atoms with Crippen molar-refractivity contribution < 1.29 is 19.0 Å². The molecule has 1 saturated heterocycles. The first kappa shape index (κ1) is 16.4. The maximum absolute atomic E-state index is 12.4. The highest BCUT2D eigenvalue weighted by molar-refractivity contribution is 5.79. The average molecular weight is 345 g/mol. The van der Waals surface area contributed by atoms with Crippen LogP contribution in [0.2, 0.25) is 0 Å². The van der Waals surface area contributed by atoms with Gasteiger partial charge in [0.15, 0.2) is 0 Å². The Labute approximate surface area is 146 Å². The van der Waals surface area contributed by atoms with Crippen molar-refractivity contribution in [1.82, 2.24) is 14.9 Å². The monoisotopic (exact) mass is 345 g/mol. The number of fused-ring (bicyclic) bond motifs is 3. The molecule has 25 heavy (non-hydrogen) atoms. The highest BCUT2D eigenvalue weighted by Crippen LogP contribution is 2.28. The number of nitrogens with zero attached hydrogens (tertiary/aromatic N) is 2. The van der Waals surface area contributed by atoms with Crippen molar-refractivity contribution in [1.29, 1.82) is 0 Å². The van der Waals surface area contributed by atoms with Crippen LogP contribution in [0.3, 0.4) is 0 Å². The molecule has 2 aliphatic rings. The summed E-state index contributed by atoms with van der Waals surface area (Å²) in [6.45, 7) is 2.92. The van der Waals surface area contributed by atoms with E-state index in [1.807, 2.05) is 18.2 Å². The fraction of sp³-hybridized carbons (Fsp3) is 0.556. The largest absolute Gasteiger partial charge is 0.497 e. The highest BCUT2D eigenvalue weighted by atomic mass is 16.5. The van der Waals surface area contributed by atoms with Crippen LogP contribution in [-0.4, -0.2) is 48.9 Å². The lowest BCUT2D eigenvalue weighted by Crippen LogP contribution is -2.39. The van der Waals surface area contributed by atoms with Crippen molar-refractivity contribution in [3.05, 3.63) is 24.0 Å². The first-order valence-electron chi connectivity index (χ1n) is 8.74. The Morgan fingerprint density at radius 1 is 1.36 bits per heavy atom. The number of rotatable bonds is 4. The number of benzene rings is 1. The molecule has 1 N–H and O–H groups in total. The average Bonchev–Trinajstić information content (AvgIpc) is 3.05. The number of nitrogens with one attached hydrogen (secondary N) is 1. The first-order valence-corrected chi connectivity index (χ1v) is 8.74. The van der Waals surface area contributed by atoms with E-state index in [1.165, 1.54) is 0 Å². The van der Waals surface area contributed by atoms with Crippen molar-refractivity contribution in [3.63, 3.8) is 0 Å². The summed E-state index contributed by atoms with van der Waals surface area (Å²) in [5, 5.41) is 3.09. The predicted molar refractivity (Wildman–Crippen MR) is 91.5 cm³/mol. The van der Waals surface area contributed by atoms with Gasteiger partial charge in [-0.1, -0.05) is 0 Å². The Balaban J connectivity index is 1.53. The lowest BCUT2D eigenvalue weighted by molar-refractivity contribution is -0.128. The van der Waals surface area contributed by atoms with Gasteiger partial charge < -0.3 is 24.1 Å². The van der Waals surface area contributed by atoms with Gasteiger partial charge in [0, 0.05) is 31.7 Å². The van der Waals surface area contributed by atoms with Gasteiger partial charge in [0.1, 0.15) is 18.2 Å². The van der Waals surface area contributed by atoms with Crippen molar-refractivity contribution in [3.8, 4) is 5.75 Å². The number of imidazole rings is 1. The number of carbonyl (C=O) groups is 1. The summed E-state index contributed by atoms with van der Waals surface area (Å²) in [5.41, 5.74) is 1.94. The highest BCUT2D eigenvalue weighted by Gasteiger charge is 2.27. The number of hydrogen-bond donors (Lipinski definition) is 1. The molecule has 7 heteroatoms. The molecule has 3 heterocycles. The Morgan fingerprint density at radius 3 is 3.00 bits per heavy atom. The Bertz CT molecular complexity index is 767. The molecule has 134 valence electrons. The van der Waals surface area contributed by atoms with Gasteiger partial charge in [-0.05, 0) is 25.0 Å². The Kier molecular flexibility index (Phi) is 4.59. The zero-order valence-corrected chi connectivity index (χ0v) is 14.4. The topological polar surface area (TPSA) is 74.6 Å². The van der Waals surface area contributed by atoms with E-state index in [9.17, 15) is 4.79 Å². The molecule has 1 aromatic carbocycles. The molecule has 0 bridgehead atoms. The number of carbonyl (C=O) groups excluding carboxylic acids is 1. The van der Waals surface area contributed by atoms with Crippen molar-refractivity contribution in [2.45, 2.75) is 25.5 Å². The number of ether oxygens (including phenoxy) is 3. The van der Waals surface area contributed by atoms with Gasteiger partial charge in [-0.3, -0.25) is 4.79 Å². The standard InChI is InChI=1S/C18H23N3O4/c1-23-14-2-3-15-16(8-14)21-13(10-25-11-17(21)20-15)9-19-18(22)12-4-6-24-7-5-12/h2-3,8,12-13H,4-7,9-11H2,1H3,(H,19,22)/t13-/m0/s1. The van der Waals surface area contributed by atoms with Gasteiger partial charge in [0.2, 0.25) is 5.91 Å². The van der Waals surface area contributed by atoms with Gasteiger partial charge in [0.25, 0.3) is 0 Å². The molecule has 0 saturated carbocycles. The summed E-state index contributed by atoms with van der Waals surface area (Å²) in [4.78, 5) is 17.1. The molecule has 2 aliphatic heterocycles. The normalized spacial score (nSPS) is 21.1. The molecule has 1 fully saturated rings. The molecule has 0 radical (unpaired) electrons. The fourth-order valence-corrected chi connectivity index (χ4v) is 3.59. The molecule has 0 aliphatic carbocycles. The third-order valence-electron chi connectivity index (χ3n) is 4.98. The van der Waals surface area contributed by atoms with Crippen LogP contribution in [0, 0.1) is 5.92 Å². The zero-order valence-electron chi connectivity index (χ0n) is 14.4. The van der Waals surface area contributed by atoms with E-state index in [4.69, 9.17) is 14.2 Å². The van der Waals surface area contributed by atoms with Gasteiger partial charge in [0.05, 0.1) is 30.8 Å². The smallest absolute Gasteiger partial charge is 0.223 e. The summed E-state index contributed by atoms with van der Waals surface area (Å²) in [5.74, 6) is 1.85. The summed E-state index contributed by atoms with van der Waals surface area (Å²) in [6.07, 6.45) is 1.59. The SMILES string of the molecule is COc1ccc2nc3n(c2c1)[C@@H](CNC(=O)C1CCOCC1)COC3. The van der Waals surface area contributed by atoms with Crippen LogP contribution in [-0.2, 0) is 20.9 Å². The molecule has 4 rings (SSSR count). The molecule has 1 amide bonds. The second-order valence-electron chi connectivity index (χ2n) is 6.55. The molecule has 1 aromatic heterocycles. The minimum Gasteiger partial charge on any atom is -0.497 e. The van der Waals surface area contributed by atoms with Crippen LogP contribution in [0.5, 0.6) is 5.75 Å². The minimum absolute atomic E-state index is 0.0321. The summed E-state index contributed by atoms with van der Waals surface area (Å²) >= 11 is 0. The van der Waals surface area contributed by atoms with Crippen molar-refractivity contribution in [2.24, 2.45) is 5.92 Å². The predicted octanol–water partition coefficient (Wildman–Crippen LogP) is 1.66. The third-order valence-corrected chi connectivity index (χ3v) is 4.98. The van der Waals surface area contributed by atoms with Crippen LogP contribution in [0.4, 0.5) is 0 Å². The molecule has 1 atom stereocenters. The molecular weight excluding hydrogens is 322 g/mol. The van der Waals surface area contributed by atoms with Crippen LogP contribution >= 0.6 is 0 Å². The van der Waals surface area contributed by atoms with Crippen LogP contribution in [0.15, 0.2) is 18.2 Å². The molecule has 0 unspecified atom stereocenters. The Hall–Kier alpha value is -2.12. The van der Waals surface area contributed by atoms with Crippen molar-refractivity contribution >= 4 is 16.9 Å². The van der Waals surface area contributed by atoms with E-state index in [1.54, 1.807) is 7.11 Å². The number of amides is 1. The summed E-state index contributed by atoms with van der Waals surface area (Å²) in [6, 6.07) is 5.88. The van der Waals surface area contributed by atoms with E-state index < -0.39 is 0 Å². The zero-order chi connectivity index (χ0) is 17.2. The second-order valence-corrected chi connectivity index (χ2v) is 6.55. The lowest BCUT2D eigenvalue weighted by atomic mass is 9.99. The van der Waals surface area contributed by atoms with Gasteiger partial charge in [-0.25, -0.2) is 4.98 Å². The van der Waals surface area contributed by atoms with Crippen LogP contribution in [0.25, 0.3) is 11.0 Å². The van der Waals surface area contributed by atoms with Crippen LogP contribution in [0.1, 0.15) is 24.7 Å². The van der Waals surface area contributed by atoms with Gasteiger partial charge >= 0.3 is 0 Å². The van der Waals surface area contributed by atoms with E-state index in [2.05, 4.69) is 14.9 Å². The number of hydrogen-bond acceptors (Lipinski definition) is 5. The second kappa shape index (κ2) is 7.01. The third kappa shape index (κ3) is 3.21. The summed E-state index contributed by atoms with van der Waals surface area (Å²) in [7, 11) is 1.66. The molecule has 7 nitrogen and oxygen atoms in total. The maximum Gasteiger partial charge on any atom is 0.223 e. The fourth-order valence-electron chi connectivity index (χ4n) is 3.59. The van der Waals surface area contributed by atoms with Crippen molar-refractivity contribution in [2.75, 3.05) is 33.5 Å². The van der Waals surface area contributed by atoms with E-state index in [0.717, 1.165) is 35.4 Å². The number of methoxy groups -OCH3 is 1. The molecule has 0 spiro atoms. The molecule has 2 aromatic rings. The number of aromatic nitrogens is 2. The first-order chi connectivity index (χ1) is 12.3. The quantitative estimate of drug-likeness (QED) is 0.912. The van der Waals surface area contributed by atoms with E-state index in [-0.39, 0.29) is 17.9 Å². The Morgan fingerprint density at radius 2 is 2.20 bits per heavy atom. The van der Waals surface area contributed by atoms with Gasteiger partial charge in [-0.15, -0.1) is 0 Å². The maximum atomic E-state index is 12.4. The lowest BCUT2D eigenvalue weighted by Gasteiger charge is -2.28. The minimum atomic E-state index is 0.0321. The van der Waals surface area contributed by atoms with Gasteiger partial charge in [-0.2, -0.15) is 0 Å².